The molecule has 2 N–H and O–H groups in total. The van der Waals surface area contributed by atoms with Crippen molar-refractivity contribution in [1.82, 2.24) is 19.1 Å². The zero-order chi connectivity index (χ0) is 25.2. The van der Waals surface area contributed by atoms with E-state index >= 15 is 0 Å². The van der Waals surface area contributed by atoms with Gasteiger partial charge in [-0.3, -0.25) is 23.5 Å². The van der Waals surface area contributed by atoms with Gasteiger partial charge in [0.05, 0.1) is 5.75 Å². The maximum Gasteiger partial charge on any atom is 0.332 e. The molecule has 1 aromatic carbocycles. The molecule has 0 saturated heterocycles. The van der Waals surface area contributed by atoms with Crippen LogP contribution in [0.1, 0.15) is 33.0 Å². The van der Waals surface area contributed by atoms with Crippen LogP contribution < -0.4 is 21.9 Å². The predicted octanol–water partition coefficient (Wildman–Crippen LogP) is 1.33. The van der Waals surface area contributed by atoms with Crippen LogP contribution in [-0.4, -0.2) is 43.2 Å². The number of aryl methyl sites for hydroxylation is 1. The van der Waals surface area contributed by atoms with Gasteiger partial charge in [-0.15, -0.1) is 0 Å². The summed E-state index contributed by atoms with van der Waals surface area (Å²) in [4.78, 5) is 60.6. The molecule has 0 aliphatic rings. The normalized spacial score (nSPS) is 11.6. The molecule has 10 nitrogen and oxygen atoms in total. The third kappa shape index (κ3) is 5.19. The topological polar surface area (TPSA) is 133 Å². The third-order valence-electron chi connectivity index (χ3n) is 5.22. The summed E-state index contributed by atoms with van der Waals surface area (Å²) in [5, 5.41) is 0.501. The number of carbonyl (C=O) groups is 2. The molecule has 11 heteroatoms. The molecule has 180 valence electrons. The lowest BCUT2D eigenvalue weighted by Crippen LogP contribution is -2.38. The summed E-state index contributed by atoms with van der Waals surface area (Å²) >= 11 is 1.10. The van der Waals surface area contributed by atoms with Crippen LogP contribution in [0.25, 0.3) is 11.0 Å². The quantitative estimate of drug-likeness (QED) is 0.395. The van der Waals surface area contributed by atoms with Crippen LogP contribution in [0.3, 0.4) is 0 Å². The molecule has 0 radical (unpaired) electrons. The number of thioether (sulfide) groups is 1. The van der Waals surface area contributed by atoms with Crippen molar-refractivity contribution in [2.75, 3.05) is 17.2 Å². The SMILES string of the molecule is Cn1c(=O)c2c(SCC(=O)N(CCC(N)=O)c3ccccc3)nc(C(C)(C)C)nc2n(C)c1=O. The number of carbonyl (C=O) groups excluding carboxylic acids is 2. The Hall–Kier alpha value is -3.47. The molecule has 0 spiro atoms. The van der Waals surface area contributed by atoms with E-state index in [0.29, 0.717) is 16.5 Å². The molecule has 0 atom stereocenters. The van der Waals surface area contributed by atoms with Crippen LogP contribution >= 0.6 is 11.8 Å². The molecule has 2 heterocycles. The van der Waals surface area contributed by atoms with Crippen molar-refractivity contribution in [2.45, 2.75) is 37.6 Å². The molecule has 2 amide bonds. The van der Waals surface area contributed by atoms with Crippen molar-refractivity contribution in [3.8, 4) is 0 Å². The number of rotatable bonds is 7. The maximum absolute atomic E-state index is 13.2. The molecule has 0 aliphatic heterocycles. The minimum atomic E-state index is -0.526. The van der Waals surface area contributed by atoms with Crippen LogP contribution in [-0.2, 0) is 29.1 Å². The van der Waals surface area contributed by atoms with Crippen molar-refractivity contribution < 1.29 is 9.59 Å². The number of aromatic nitrogens is 4. The van der Waals surface area contributed by atoms with Crippen LogP contribution in [0.5, 0.6) is 0 Å². The molecule has 2 aromatic heterocycles. The number of hydrogen-bond donors (Lipinski definition) is 1. The van der Waals surface area contributed by atoms with Gasteiger partial charge in [-0.05, 0) is 12.1 Å². The van der Waals surface area contributed by atoms with E-state index in [4.69, 9.17) is 5.73 Å². The summed E-state index contributed by atoms with van der Waals surface area (Å²) in [6.45, 7) is 5.91. The number of para-hydroxylation sites is 1. The van der Waals surface area contributed by atoms with Crippen molar-refractivity contribution >= 4 is 40.3 Å². The first-order valence-electron chi connectivity index (χ1n) is 10.7. The van der Waals surface area contributed by atoms with Gasteiger partial charge in [0.15, 0.2) is 5.65 Å². The number of nitrogens with zero attached hydrogens (tertiary/aromatic N) is 5. The highest BCUT2D eigenvalue weighted by Crippen LogP contribution is 2.27. The smallest absolute Gasteiger partial charge is 0.332 e. The molecule has 0 fully saturated rings. The predicted molar refractivity (Wildman–Crippen MR) is 132 cm³/mol. The zero-order valence-corrected chi connectivity index (χ0v) is 20.7. The van der Waals surface area contributed by atoms with Crippen LogP contribution in [0.2, 0.25) is 0 Å². The van der Waals surface area contributed by atoms with Crippen LogP contribution in [0.4, 0.5) is 5.69 Å². The fourth-order valence-electron chi connectivity index (χ4n) is 3.30. The van der Waals surface area contributed by atoms with E-state index in [1.54, 1.807) is 31.3 Å². The van der Waals surface area contributed by atoms with E-state index in [9.17, 15) is 19.2 Å². The van der Waals surface area contributed by atoms with Gasteiger partial charge in [-0.2, -0.15) is 0 Å². The number of primary amides is 1. The highest BCUT2D eigenvalue weighted by Gasteiger charge is 2.25. The Bertz CT molecular complexity index is 1360. The zero-order valence-electron chi connectivity index (χ0n) is 19.9. The highest BCUT2D eigenvalue weighted by atomic mass is 32.2. The number of amides is 2. The lowest BCUT2D eigenvalue weighted by molar-refractivity contribution is -0.118. The Morgan fingerprint density at radius 2 is 1.71 bits per heavy atom. The summed E-state index contributed by atoms with van der Waals surface area (Å²) < 4.78 is 2.31. The largest absolute Gasteiger partial charge is 0.370 e. The number of nitrogens with two attached hydrogens (primary N) is 1. The van der Waals surface area contributed by atoms with Crippen molar-refractivity contribution in [1.29, 1.82) is 0 Å². The van der Waals surface area contributed by atoms with Gasteiger partial charge in [0, 0.05) is 38.2 Å². The van der Waals surface area contributed by atoms with E-state index in [-0.39, 0.29) is 35.7 Å². The Balaban J connectivity index is 2.04. The summed E-state index contributed by atoms with van der Waals surface area (Å²) in [7, 11) is 2.94. The third-order valence-corrected chi connectivity index (χ3v) is 6.18. The fourth-order valence-corrected chi connectivity index (χ4v) is 4.19. The lowest BCUT2D eigenvalue weighted by atomic mass is 9.96. The van der Waals surface area contributed by atoms with Gasteiger partial charge in [0.1, 0.15) is 16.2 Å². The Morgan fingerprint density at radius 3 is 2.29 bits per heavy atom. The van der Waals surface area contributed by atoms with Gasteiger partial charge in [-0.25, -0.2) is 14.8 Å². The molecule has 34 heavy (non-hydrogen) atoms. The van der Waals surface area contributed by atoms with E-state index in [0.717, 1.165) is 16.3 Å². The molecule has 0 aliphatic carbocycles. The Labute approximate surface area is 200 Å². The monoisotopic (exact) mass is 484 g/mol. The molecule has 3 aromatic rings. The number of fused-ring (bicyclic) bond motifs is 1. The molecule has 3 rings (SSSR count). The van der Waals surface area contributed by atoms with E-state index in [2.05, 4.69) is 9.97 Å². The first-order valence-corrected chi connectivity index (χ1v) is 11.6. The molecule has 0 bridgehead atoms. The first-order chi connectivity index (χ1) is 15.9. The van der Waals surface area contributed by atoms with E-state index in [1.807, 2.05) is 26.8 Å². The van der Waals surface area contributed by atoms with Gasteiger partial charge < -0.3 is 10.6 Å². The van der Waals surface area contributed by atoms with Crippen molar-refractivity contribution in [2.24, 2.45) is 19.8 Å². The molecular formula is C23H28N6O4S. The summed E-state index contributed by atoms with van der Waals surface area (Å²) in [5.41, 5.74) is 4.67. The number of benzene rings is 1. The van der Waals surface area contributed by atoms with Gasteiger partial charge in [0.25, 0.3) is 5.56 Å². The van der Waals surface area contributed by atoms with Crippen molar-refractivity contribution in [3.05, 3.63) is 57.0 Å². The van der Waals surface area contributed by atoms with Gasteiger partial charge in [0.2, 0.25) is 11.8 Å². The van der Waals surface area contributed by atoms with Crippen LogP contribution in [0.15, 0.2) is 44.9 Å². The molecule has 0 saturated carbocycles. The average Bonchev–Trinajstić information content (AvgIpc) is 2.79. The van der Waals surface area contributed by atoms with E-state index < -0.39 is 22.6 Å². The number of anilines is 1. The molecular weight excluding hydrogens is 456 g/mol. The lowest BCUT2D eigenvalue weighted by Gasteiger charge is -2.23. The summed E-state index contributed by atoms with van der Waals surface area (Å²) in [5.74, 6) is -0.382. The number of hydrogen-bond acceptors (Lipinski definition) is 7. The minimum absolute atomic E-state index is 0.0125. The Morgan fingerprint density at radius 1 is 1.06 bits per heavy atom. The maximum atomic E-state index is 13.2. The second kappa shape index (κ2) is 9.80. The highest BCUT2D eigenvalue weighted by molar-refractivity contribution is 8.00. The summed E-state index contributed by atoms with van der Waals surface area (Å²) in [6, 6.07) is 8.96. The minimum Gasteiger partial charge on any atom is -0.370 e. The Kier molecular flexibility index (Phi) is 7.25. The standard InChI is InChI=1S/C23H28N6O4S/c1-23(2,3)21-25-18-17(20(32)28(5)22(33)27(18)4)19(26-21)34-13-16(31)29(12-11-15(24)30)14-9-7-6-8-10-14/h6-10H,11-13H2,1-5H3,(H2,24,30). The van der Waals surface area contributed by atoms with Gasteiger partial charge >= 0.3 is 5.69 Å². The van der Waals surface area contributed by atoms with Crippen molar-refractivity contribution in [3.63, 3.8) is 0 Å². The second-order valence-electron chi connectivity index (χ2n) is 8.89. The average molecular weight is 485 g/mol. The van der Waals surface area contributed by atoms with E-state index in [1.165, 1.54) is 16.5 Å². The van der Waals surface area contributed by atoms with Crippen LogP contribution in [0, 0.1) is 0 Å². The first kappa shape index (κ1) is 25.2. The van der Waals surface area contributed by atoms with Gasteiger partial charge in [-0.1, -0.05) is 50.7 Å². The molecule has 0 unspecified atom stereocenters. The fraction of sp³-hybridized carbons (Fsp3) is 0.391. The summed E-state index contributed by atoms with van der Waals surface area (Å²) in [6.07, 6.45) is 0.0125. The second-order valence-corrected chi connectivity index (χ2v) is 9.86.